The van der Waals surface area contributed by atoms with E-state index in [4.69, 9.17) is 16.3 Å². The van der Waals surface area contributed by atoms with E-state index < -0.39 is 0 Å². The number of pyridine rings is 1. The van der Waals surface area contributed by atoms with Gasteiger partial charge in [-0.1, -0.05) is 17.7 Å². The Bertz CT molecular complexity index is 859. The van der Waals surface area contributed by atoms with Crippen molar-refractivity contribution in [3.05, 3.63) is 59.0 Å². The SMILES string of the molecule is COc1ccc2[nH]cc(CC3CCCN3Cc3ccc(Cl)nc3)c2c1. The predicted molar refractivity (Wildman–Crippen MR) is 101 cm³/mol. The van der Waals surface area contributed by atoms with Gasteiger partial charge < -0.3 is 9.72 Å². The molecule has 25 heavy (non-hydrogen) atoms. The van der Waals surface area contributed by atoms with E-state index in [1.54, 1.807) is 7.11 Å². The molecule has 1 atom stereocenters. The molecule has 0 aliphatic carbocycles. The lowest BCUT2D eigenvalue weighted by molar-refractivity contribution is 0.244. The van der Waals surface area contributed by atoms with Gasteiger partial charge in [0.05, 0.1) is 7.11 Å². The van der Waals surface area contributed by atoms with Gasteiger partial charge in [-0.3, -0.25) is 4.90 Å². The summed E-state index contributed by atoms with van der Waals surface area (Å²) in [5, 5.41) is 1.81. The first-order valence-corrected chi connectivity index (χ1v) is 9.09. The molecule has 130 valence electrons. The Morgan fingerprint density at radius 3 is 3.04 bits per heavy atom. The van der Waals surface area contributed by atoms with Gasteiger partial charge in [-0.25, -0.2) is 4.98 Å². The number of hydrogen-bond acceptors (Lipinski definition) is 3. The fourth-order valence-electron chi connectivity index (χ4n) is 3.78. The van der Waals surface area contributed by atoms with Crippen LogP contribution in [0.15, 0.2) is 42.7 Å². The quantitative estimate of drug-likeness (QED) is 0.688. The molecule has 1 unspecified atom stereocenters. The summed E-state index contributed by atoms with van der Waals surface area (Å²) in [5.41, 5.74) is 3.75. The van der Waals surface area contributed by atoms with Gasteiger partial charge in [-0.05, 0) is 61.2 Å². The Balaban J connectivity index is 1.52. The summed E-state index contributed by atoms with van der Waals surface area (Å²) in [6.45, 7) is 2.07. The lowest BCUT2D eigenvalue weighted by Crippen LogP contribution is -2.30. The number of methoxy groups -OCH3 is 1. The van der Waals surface area contributed by atoms with Crippen molar-refractivity contribution in [1.29, 1.82) is 0 Å². The van der Waals surface area contributed by atoms with Gasteiger partial charge in [-0.2, -0.15) is 0 Å². The fourth-order valence-corrected chi connectivity index (χ4v) is 3.89. The van der Waals surface area contributed by atoms with Gasteiger partial charge in [0.2, 0.25) is 0 Å². The van der Waals surface area contributed by atoms with E-state index in [1.165, 1.54) is 34.9 Å². The van der Waals surface area contributed by atoms with Crippen molar-refractivity contribution < 1.29 is 4.74 Å². The van der Waals surface area contributed by atoms with E-state index in [2.05, 4.69) is 39.3 Å². The number of nitrogens with zero attached hydrogens (tertiary/aromatic N) is 2. The number of rotatable bonds is 5. The fraction of sp³-hybridized carbons (Fsp3) is 0.350. The zero-order valence-corrected chi connectivity index (χ0v) is 15.1. The molecule has 0 bridgehead atoms. The average molecular weight is 356 g/mol. The maximum atomic E-state index is 5.89. The largest absolute Gasteiger partial charge is 0.497 e. The first-order chi connectivity index (χ1) is 12.2. The molecule has 2 aromatic heterocycles. The monoisotopic (exact) mass is 355 g/mol. The van der Waals surface area contributed by atoms with Crippen molar-refractivity contribution >= 4 is 22.5 Å². The summed E-state index contributed by atoms with van der Waals surface area (Å²) in [5.74, 6) is 0.906. The number of aromatic nitrogens is 2. The van der Waals surface area contributed by atoms with Crippen LogP contribution in [0.25, 0.3) is 10.9 Å². The Morgan fingerprint density at radius 1 is 1.32 bits per heavy atom. The maximum Gasteiger partial charge on any atom is 0.129 e. The summed E-state index contributed by atoms with van der Waals surface area (Å²) in [6, 6.07) is 10.7. The van der Waals surface area contributed by atoms with E-state index in [0.29, 0.717) is 11.2 Å². The van der Waals surface area contributed by atoms with Crippen molar-refractivity contribution in [2.24, 2.45) is 0 Å². The van der Waals surface area contributed by atoms with Crippen LogP contribution in [0, 0.1) is 0 Å². The van der Waals surface area contributed by atoms with E-state index in [1.807, 2.05) is 18.3 Å². The summed E-state index contributed by atoms with van der Waals surface area (Å²) < 4.78 is 5.38. The molecule has 4 rings (SSSR count). The zero-order valence-electron chi connectivity index (χ0n) is 14.3. The lowest BCUT2D eigenvalue weighted by atomic mass is 10.0. The number of halogens is 1. The molecule has 0 saturated carbocycles. The Labute approximate surface area is 152 Å². The molecule has 1 aliphatic rings. The molecule has 1 aliphatic heterocycles. The van der Waals surface area contributed by atoms with Gasteiger partial charge >= 0.3 is 0 Å². The van der Waals surface area contributed by atoms with Crippen molar-refractivity contribution in [2.45, 2.75) is 31.8 Å². The third-order valence-corrected chi connectivity index (χ3v) is 5.33. The van der Waals surface area contributed by atoms with Crippen LogP contribution in [0.3, 0.4) is 0 Å². The van der Waals surface area contributed by atoms with Crippen LogP contribution in [0.4, 0.5) is 0 Å². The number of ether oxygens (including phenoxy) is 1. The molecular formula is C20H22ClN3O. The molecule has 0 radical (unpaired) electrons. The highest BCUT2D eigenvalue weighted by Gasteiger charge is 2.25. The highest BCUT2D eigenvalue weighted by Crippen LogP contribution is 2.28. The molecule has 1 N–H and O–H groups in total. The van der Waals surface area contributed by atoms with E-state index in [-0.39, 0.29) is 0 Å². The molecular weight excluding hydrogens is 334 g/mol. The van der Waals surface area contributed by atoms with Crippen LogP contribution in [-0.2, 0) is 13.0 Å². The second-order valence-corrected chi connectivity index (χ2v) is 7.07. The van der Waals surface area contributed by atoms with Gasteiger partial charge in [0.15, 0.2) is 0 Å². The van der Waals surface area contributed by atoms with Crippen molar-refractivity contribution in [3.8, 4) is 5.75 Å². The van der Waals surface area contributed by atoms with E-state index in [0.717, 1.165) is 25.3 Å². The minimum atomic E-state index is 0.550. The molecule has 3 heterocycles. The van der Waals surface area contributed by atoms with Crippen LogP contribution in [0.1, 0.15) is 24.0 Å². The molecule has 4 nitrogen and oxygen atoms in total. The Hall–Kier alpha value is -2.04. The summed E-state index contributed by atoms with van der Waals surface area (Å²) in [4.78, 5) is 10.1. The highest BCUT2D eigenvalue weighted by molar-refractivity contribution is 6.29. The second-order valence-electron chi connectivity index (χ2n) is 6.69. The van der Waals surface area contributed by atoms with E-state index in [9.17, 15) is 0 Å². The third kappa shape index (κ3) is 3.51. The number of H-pyrrole nitrogens is 1. The van der Waals surface area contributed by atoms with E-state index >= 15 is 0 Å². The smallest absolute Gasteiger partial charge is 0.129 e. The number of likely N-dealkylation sites (tertiary alicyclic amines) is 1. The Morgan fingerprint density at radius 2 is 2.24 bits per heavy atom. The van der Waals surface area contributed by atoms with Gasteiger partial charge in [0, 0.05) is 35.9 Å². The number of fused-ring (bicyclic) bond motifs is 1. The van der Waals surface area contributed by atoms with Gasteiger partial charge in [-0.15, -0.1) is 0 Å². The topological polar surface area (TPSA) is 41.1 Å². The van der Waals surface area contributed by atoms with Crippen molar-refractivity contribution in [1.82, 2.24) is 14.9 Å². The minimum Gasteiger partial charge on any atom is -0.497 e. The first kappa shape index (κ1) is 16.4. The summed E-state index contributed by atoms with van der Waals surface area (Å²) in [6.07, 6.45) is 7.56. The van der Waals surface area contributed by atoms with Gasteiger partial charge in [0.1, 0.15) is 10.9 Å². The molecule has 0 amide bonds. The van der Waals surface area contributed by atoms with Crippen LogP contribution < -0.4 is 4.74 Å². The second kappa shape index (κ2) is 7.06. The molecule has 1 saturated heterocycles. The van der Waals surface area contributed by atoms with Gasteiger partial charge in [0.25, 0.3) is 0 Å². The third-order valence-electron chi connectivity index (χ3n) is 5.10. The van der Waals surface area contributed by atoms with Crippen molar-refractivity contribution in [2.75, 3.05) is 13.7 Å². The van der Waals surface area contributed by atoms with Crippen LogP contribution in [0.5, 0.6) is 5.75 Å². The number of nitrogens with one attached hydrogen (secondary N) is 1. The first-order valence-electron chi connectivity index (χ1n) is 8.71. The lowest BCUT2D eigenvalue weighted by Gasteiger charge is -2.24. The number of aromatic amines is 1. The zero-order chi connectivity index (χ0) is 17.2. The van der Waals surface area contributed by atoms with Crippen LogP contribution >= 0.6 is 11.6 Å². The molecule has 1 fully saturated rings. The predicted octanol–water partition coefficient (Wildman–Crippen LogP) is 4.43. The molecule has 3 aromatic rings. The molecule has 5 heteroatoms. The average Bonchev–Trinajstić information content (AvgIpc) is 3.24. The Kier molecular flexibility index (Phi) is 4.64. The minimum absolute atomic E-state index is 0.550. The standard InChI is InChI=1S/C20H22ClN3O/c1-25-17-5-6-19-18(10-17)15(12-22-19)9-16-3-2-8-24(16)13-14-4-7-20(21)23-11-14/h4-7,10-12,16,22H,2-3,8-9,13H2,1H3. The van der Waals surface area contributed by atoms with Crippen molar-refractivity contribution in [3.63, 3.8) is 0 Å². The molecule has 1 aromatic carbocycles. The summed E-state index contributed by atoms with van der Waals surface area (Å²) in [7, 11) is 1.71. The molecule has 0 spiro atoms. The van der Waals surface area contributed by atoms with Crippen LogP contribution in [0.2, 0.25) is 5.15 Å². The highest BCUT2D eigenvalue weighted by atomic mass is 35.5. The number of benzene rings is 1. The summed E-state index contributed by atoms with van der Waals surface area (Å²) >= 11 is 5.89. The maximum absolute atomic E-state index is 5.89. The normalized spacial score (nSPS) is 18.1. The van der Waals surface area contributed by atoms with Crippen LogP contribution in [-0.4, -0.2) is 34.6 Å². The number of hydrogen-bond donors (Lipinski definition) is 1.